The van der Waals surface area contributed by atoms with Crippen LogP contribution in [0, 0.1) is 0 Å². The predicted octanol–water partition coefficient (Wildman–Crippen LogP) is 4.69. The van der Waals surface area contributed by atoms with Crippen LogP contribution in [0.1, 0.15) is 44.1 Å². The minimum Gasteiger partial charge on any atom is -0.494 e. The minimum absolute atomic E-state index is 0.0450. The fraction of sp³-hybridized carbons (Fsp3) is 0.458. The number of carbonyl (C=O) groups excluding carboxylic acids is 1. The van der Waals surface area contributed by atoms with Crippen LogP contribution >= 0.6 is 23.1 Å². The first-order chi connectivity index (χ1) is 15.6. The molecule has 0 N–H and O–H groups in total. The van der Waals surface area contributed by atoms with Gasteiger partial charge in [-0.2, -0.15) is 0 Å². The standard InChI is InChI=1S/C24H29N3O3S2/c1-4-26(5-2)20(28)15-31-24-25-22-21(18-9-7-8-10-19(18)32-22)23(29)27(24)16-11-13-17(14-12-16)30-6-3/h11-14H,4-10,15H2,1-3H3. The summed E-state index contributed by atoms with van der Waals surface area (Å²) in [5.74, 6) is 1.07. The van der Waals surface area contributed by atoms with E-state index in [1.165, 1.54) is 22.2 Å². The summed E-state index contributed by atoms with van der Waals surface area (Å²) in [7, 11) is 0. The van der Waals surface area contributed by atoms with E-state index in [0.29, 0.717) is 24.9 Å². The number of aryl methyl sites for hydroxylation is 2. The zero-order chi connectivity index (χ0) is 22.7. The molecule has 0 fully saturated rings. The molecular formula is C24H29N3O3S2. The van der Waals surface area contributed by atoms with Crippen LogP contribution in [0.3, 0.4) is 0 Å². The molecule has 0 atom stereocenters. The maximum Gasteiger partial charge on any atom is 0.267 e. The number of hydrogen-bond acceptors (Lipinski definition) is 6. The average Bonchev–Trinajstić information content (AvgIpc) is 3.18. The SMILES string of the molecule is CCOc1ccc(-n2c(SCC(=O)N(CC)CC)nc3sc4c(c3c2=O)CCCC4)cc1. The van der Waals surface area contributed by atoms with E-state index in [1.807, 2.05) is 45.0 Å². The number of ether oxygens (including phenoxy) is 1. The molecule has 0 saturated heterocycles. The fourth-order valence-corrected chi connectivity index (χ4v) is 6.38. The van der Waals surface area contributed by atoms with Crippen molar-refractivity contribution in [3.05, 3.63) is 45.1 Å². The van der Waals surface area contributed by atoms with Crippen LogP contribution in [0.5, 0.6) is 5.75 Å². The van der Waals surface area contributed by atoms with Gasteiger partial charge in [-0.3, -0.25) is 14.2 Å². The smallest absolute Gasteiger partial charge is 0.267 e. The Bertz CT molecular complexity index is 1160. The second kappa shape index (κ2) is 10.1. The number of nitrogens with zero attached hydrogens (tertiary/aromatic N) is 3. The number of carbonyl (C=O) groups is 1. The van der Waals surface area contributed by atoms with Gasteiger partial charge in [0.05, 0.1) is 23.4 Å². The molecule has 3 aromatic rings. The van der Waals surface area contributed by atoms with Crippen LogP contribution in [0.2, 0.25) is 0 Å². The molecule has 1 aromatic carbocycles. The number of hydrogen-bond donors (Lipinski definition) is 0. The minimum atomic E-state index is -0.0450. The molecule has 1 amide bonds. The molecule has 0 spiro atoms. The number of benzene rings is 1. The fourth-order valence-electron chi connectivity index (χ4n) is 4.16. The Kier molecular flexibility index (Phi) is 7.20. The number of thioether (sulfide) groups is 1. The van der Waals surface area contributed by atoms with E-state index < -0.39 is 0 Å². The van der Waals surface area contributed by atoms with Crippen molar-refractivity contribution in [1.29, 1.82) is 0 Å². The summed E-state index contributed by atoms with van der Waals surface area (Å²) in [5.41, 5.74) is 1.86. The summed E-state index contributed by atoms with van der Waals surface area (Å²) in [6.45, 7) is 7.82. The van der Waals surface area contributed by atoms with Gasteiger partial charge in [-0.15, -0.1) is 11.3 Å². The Hall–Kier alpha value is -2.32. The Balaban J connectivity index is 1.80. The molecule has 0 saturated carbocycles. The molecule has 1 aliphatic carbocycles. The maximum absolute atomic E-state index is 13.8. The third-order valence-corrected chi connectivity index (χ3v) is 7.91. The topological polar surface area (TPSA) is 64.4 Å². The summed E-state index contributed by atoms with van der Waals surface area (Å²) in [6.07, 6.45) is 4.22. The average molecular weight is 472 g/mol. The van der Waals surface area contributed by atoms with Crippen LogP contribution in [0.15, 0.2) is 34.2 Å². The molecule has 32 heavy (non-hydrogen) atoms. The normalized spacial score (nSPS) is 13.2. The number of amides is 1. The van der Waals surface area contributed by atoms with E-state index in [2.05, 4.69) is 0 Å². The van der Waals surface area contributed by atoms with E-state index in [9.17, 15) is 9.59 Å². The largest absolute Gasteiger partial charge is 0.494 e. The van der Waals surface area contributed by atoms with E-state index in [4.69, 9.17) is 9.72 Å². The van der Waals surface area contributed by atoms with Gasteiger partial charge in [0.25, 0.3) is 5.56 Å². The van der Waals surface area contributed by atoms with Crippen molar-refractivity contribution < 1.29 is 9.53 Å². The van der Waals surface area contributed by atoms with Gasteiger partial charge in [0, 0.05) is 18.0 Å². The van der Waals surface area contributed by atoms with Gasteiger partial charge in [0.15, 0.2) is 5.16 Å². The van der Waals surface area contributed by atoms with Gasteiger partial charge in [0.2, 0.25) is 5.91 Å². The number of fused-ring (bicyclic) bond motifs is 3. The highest BCUT2D eigenvalue weighted by Gasteiger charge is 2.23. The van der Waals surface area contributed by atoms with Crippen LogP contribution in [0.4, 0.5) is 0 Å². The van der Waals surface area contributed by atoms with Gasteiger partial charge in [0.1, 0.15) is 10.6 Å². The summed E-state index contributed by atoms with van der Waals surface area (Å²) < 4.78 is 7.23. The number of thiophene rings is 1. The molecule has 0 bridgehead atoms. The lowest BCUT2D eigenvalue weighted by atomic mass is 9.97. The van der Waals surface area contributed by atoms with Gasteiger partial charge in [-0.25, -0.2) is 4.98 Å². The third kappa shape index (κ3) is 4.43. The maximum atomic E-state index is 13.8. The lowest BCUT2D eigenvalue weighted by Gasteiger charge is -2.19. The lowest BCUT2D eigenvalue weighted by molar-refractivity contribution is -0.127. The molecular weight excluding hydrogens is 442 g/mol. The Morgan fingerprint density at radius 3 is 2.56 bits per heavy atom. The monoisotopic (exact) mass is 471 g/mol. The first-order valence-corrected chi connectivity index (χ1v) is 13.1. The summed E-state index contributed by atoms with van der Waals surface area (Å²) in [4.78, 5) is 35.2. The van der Waals surface area contributed by atoms with E-state index in [1.54, 1.807) is 20.8 Å². The molecule has 8 heteroatoms. The van der Waals surface area contributed by atoms with Gasteiger partial charge < -0.3 is 9.64 Å². The number of aromatic nitrogens is 2. The summed E-state index contributed by atoms with van der Waals surface area (Å²) in [5, 5.41) is 1.31. The van der Waals surface area contributed by atoms with Crippen molar-refractivity contribution in [2.75, 3.05) is 25.4 Å². The quantitative estimate of drug-likeness (QED) is 0.352. The van der Waals surface area contributed by atoms with Crippen molar-refractivity contribution in [2.24, 2.45) is 0 Å². The second-order valence-corrected chi connectivity index (χ2v) is 9.73. The zero-order valence-electron chi connectivity index (χ0n) is 18.8. The molecule has 6 nitrogen and oxygen atoms in total. The van der Waals surface area contributed by atoms with E-state index in [0.717, 1.165) is 47.3 Å². The molecule has 170 valence electrons. The number of rotatable bonds is 8. The van der Waals surface area contributed by atoms with Gasteiger partial charge >= 0.3 is 0 Å². The van der Waals surface area contributed by atoms with Crippen molar-refractivity contribution in [1.82, 2.24) is 14.5 Å². The van der Waals surface area contributed by atoms with Crippen LogP contribution in [0.25, 0.3) is 15.9 Å². The second-order valence-electron chi connectivity index (χ2n) is 7.71. The third-order valence-electron chi connectivity index (χ3n) is 5.80. The first-order valence-electron chi connectivity index (χ1n) is 11.3. The Morgan fingerprint density at radius 2 is 1.88 bits per heavy atom. The van der Waals surface area contributed by atoms with Crippen LogP contribution < -0.4 is 10.3 Å². The van der Waals surface area contributed by atoms with Crippen molar-refractivity contribution in [3.63, 3.8) is 0 Å². The highest BCUT2D eigenvalue weighted by molar-refractivity contribution is 7.99. The highest BCUT2D eigenvalue weighted by atomic mass is 32.2. The molecule has 0 radical (unpaired) electrons. The van der Waals surface area contributed by atoms with Crippen LogP contribution in [-0.4, -0.2) is 45.8 Å². The Labute approximate surface area is 196 Å². The first kappa shape index (κ1) is 22.9. The molecule has 2 heterocycles. The molecule has 0 aliphatic heterocycles. The van der Waals surface area contributed by atoms with Crippen molar-refractivity contribution in [2.45, 2.75) is 51.6 Å². The molecule has 1 aliphatic rings. The summed E-state index contributed by atoms with van der Waals surface area (Å²) >= 11 is 2.97. The van der Waals surface area contributed by atoms with Gasteiger partial charge in [-0.05, 0) is 76.3 Å². The van der Waals surface area contributed by atoms with Crippen molar-refractivity contribution >= 4 is 39.2 Å². The highest BCUT2D eigenvalue weighted by Crippen LogP contribution is 2.35. The molecule has 4 rings (SSSR count). The summed E-state index contributed by atoms with van der Waals surface area (Å²) in [6, 6.07) is 7.51. The predicted molar refractivity (Wildman–Crippen MR) is 132 cm³/mol. The van der Waals surface area contributed by atoms with E-state index >= 15 is 0 Å². The Morgan fingerprint density at radius 1 is 1.16 bits per heavy atom. The lowest BCUT2D eigenvalue weighted by Crippen LogP contribution is -2.32. The van der Waals surface area contributed by atoms with Crippen molar-refractivity contribution in [3.8, 4) is 11.4 Å². The van der Waals surface area contributed by atoms with Crippen LogP contribution in [-0.2, 0) is 17.6 Å². The molecule has 0 unspecified atom stereocenters. The van der Waals surface area contributed by atoms with Gasteiger partial charge in [-0.1, -0.05) is 11.8 Å². The molecule has 2 aromatic heterocycles. The van der Waals surface area contributed by atoms with E-state index in [-0.39, 0.29) is 17.2 Å². The zero-order valence-corrected chi connectivity index (χ0v) is 20.5.